The minimum atomic E-state index is -0.462. The average molecular weight is 241 g/mol. The molecule has 1 saturated heterocycles. The fraction of sp³-hybridized carbons (Fsp3) is 1.00. The standard InChI is InChI=1S/C14H27NO2/c1-2-11-9-17-14(11)13(16)12(15)8-10-6-4-3-5-7-10/h10-14,16H,2-9,15H2,1H3/t11-,12+,13-,14+/m1/s1. The molecule has 0 aromatic carbocycles. The lowest BCUT2D eigenvalue weighted by atomic mass is 9.81. The van der Waals surface area contributed by atoms with Gasteiger partial charge in [-0.2, -0.15) is 0 Å². The summed E-state index contributed by atoms with van der Waals surface area (Å²) in [7, 11) is 0. The molecule has 1 aliphatic heterocycles. The Morgan fingerprint density at radius 1 is 1.29 bits per heavy atom. The summed E-state index contributed by atoms with van der Waals surface area (Å²) >= 11 is 0. The molecular weight excluding hydrogens is 214 g/mol. The molecule has 2 rings (SSSR count). The minimum Gasteiger partial charge on any atom is -0.389 e. The lowest BCUT2D eigenvalue weighted by Crippen LogP contribution is -2.54. The van der Waals surface area contributed by atoms with Gasteiger partial charge in [-0.25, -0.2) is 0 Å². The number of rotatable bonds is 5. The van der Waals surface area contributed by atoms with Gasteiger partial charge in [-0.15, -0.1) is 0 Å². The Balaban J connectivity index is 1.76. The molecule has 3 N–H and O–H groups in total. The summed E-state index contributed by atoms with van der Waals surface area (Å²) in [5, 5.41) is 10.2. The van der Waals surface area contributed by atoms with E-state index in [9.17, 15) is 5.11 Å². The van der Waals surface area contributed by atoms with Crippen molar-refractivity contribution in [2.75, 3.05) is 6.61 Å². The first-order valence-electron chi connectivity index (χ1n) is 7.27. The molecule has 0 radical (unpaired) electrons. The SMILES string of the molecule is CC[C@@H]1CO[C@@H]1[C@H](O)[C@@H](N)CC1CCCCC1. The van der Waals surface area contributed by atoms with Crippen molar-refractivity contribution in [1.82, 2.24) is 0 Å². The molecule has 1 heterocycles. The van der Waals surface area contributed by atoms with Crippen LogP contribution in [0.15, 0.2) is 0 Å². The zero-order valence-corrected chi connectivity index (χ0v) is 11.0. The van der Waals surface area contributed by atoms with Crippen LogP contribution < -0.4 is 5.73 Å². The monoisotopic (exact) mass is 241 g/mol. The molecule has 4 atom stereocenters. The van der Waals surface area contributed by atoms with Crippen molar-refractivity contribution in [3.8, 4) is 0 Å². The molecule has 3 heteroatoms. The lowest BCUT2D eigenvalue weighted by molar-refractivity contribution is -0.173. The van der Waals surface area contributed by atoms with Gasteiger partial charge < -0.3 is 15.6 Å². The maximum Gasteiger partial charge on any atom is 0.0955 e. The van der Waals surface area contributed by atoms with E-state index in [1.54, 1.807) is 0 Å². The summed E-state index contributed by atoms with van der Waals surface area (Å²) < 4.78 is 5.48. The first-order valence-corrected chi connectivity index (χ1v) is 7.27. The number of nitrogens with two attached hydrogens (primary N) is 1. The summed E-state index contributed by atoms with van der Waals surface area (Å²) in [5.41, 5.74) is 6.15. The van der Waals surface area contributed by atoms with Crippen LogP contribution in [-0.2, 0) is 4.74 Å². The van der Waals surface area contributed by atoms with Crippen molar-refractivity contribution in [1.29, 1.82) is 0 Å². The fourth-order valence-corrected chi connectivity index (χ4v) is 3.26. The second kappa shape index (κ2) is 6.17. The van der Waals surface area contributed by atoms with Crippen LogP contribution >= 0.6 is 0 Å². The molecule has 100 valence electrons. The summed E-state index contributed by atoms with van der Waals surface area (Å²) in [5.74, 6) is 1.25. The highest BCUT2D eigenvalue weighted by Gasteiger charge is 2.39. The van der Waals surface area contributed by atoms with E-state index in [4.69, 9.17) is 10.5 Å². The summed E-state index contributed by atoms with van der Waals surface area (Å²) in [6, 6.07) is -0.0996. The second-order valence-electron chi connectivity index (χ2n) is 5.86. The van der Waals surface area contributed by atoms with E-state index in [0.717, 1.165) is 25.4 Å². The van der Waals surface area contributed by atoms with Crippen LogP contribution in [0.1, 0.15) is 51.9 Å². The quantitative estimate of drug-likeness (QED) is 0.774. The van der Waals surface area contributed by atoms with Gasteiger partial charge in [0.15, 0.2) is 0 Å². The molecular formula is C14H27NO2. The van der Waals surface area contributed by atoms with Crippen molar-refractivity contribution in [3.05, 3.63) is 0 Å². The molecule has 2 fully saturated rings. The summed E-state index contributed by atoms with van der Waals surface area (Å²) in [4.78, 5) is 0. The van der Waals surface area contributed by atoms with Gasteiger partial charge in [-0.1, -0.05) is 39.0 Å². The van der Waals surface area contributed by atoms with E-state index in [1.165, 1.54) is 32.1 Å². The van der Waals surface area contributed by atoms with Crippen LogP contribution in [-0.4, -0.2) is 30.0 Å². The van der Waals surface area contributed by atoms with Crippen LogP contribution in [0, 0.1) is 11.8 Å². The van der Waals surface area contributed by atoms with Crippen LogP contribution in [0.3, 0.4) is 0 Å². The number of ether oxygens (including phenoxy) is 1. The van der Waals surface area contributed by atoms with Gasteiger partial charge in [0, 0.05) is 12.0 Å². The maximum absolute atomic E-state index is 10.2. The average Bonchev–Trinajstić information content (AvgIpc) is 2.29. The highest BCUT2D eigenvalue weighted by atomic mass is 16.5. The first-order chi connectivity index (χ1) is 8.22. The van der Waals surface area contributed by atoms with Gasteiger partial charge >= 0.3 is 0 Å². The topological polar surface area (TPSA) is 55.5 Å². The zero-order chi connectivity index (χ0) is 12.3. The summed E-state index contributed by atoms with van der Waals surface area (Å²) in [6.07, 6.45) is 8.23. The second-order valence-corrected chi connectivity index (χ2v) is 5.86. The van der Waals surface area contributed by atoms with Crippen LogP contribution in [0.5, 0.6) is 0 Å². The number of aliphatic hydroxyl groups is 1. The van der Waals surface area contributed by atoms with Gasteiger partial charge in [-0.3, -0.25) is 0 Å². The molecule has 0 aromatic rings. The van der Waals surface area contributed by atoms with E-state index in [-0.39, 0.29) is 12.1 Å². The summed E-state index contributed by atoms with van der Waals surface area (Å²) in [6.45, 7) is 2.95. The van der Waals surface area contributed by atoms with Crippen molar-refractivity contribution in [3.63, 3.8) is 0 Å². The van der Waals surface area contributed by atoms with Crippen LogP contribution in [0.4, 0.5) is 0 Å². The Bertz CT molecular complexity index is 226. The Kier molecular flexibility index (Phi) is 4.83. The molecule has 2 aliphatic rings. The van der Waals surface area contributed by atoms with Gasteiger partial charge in [0.05, 0.1) is 18.8 Å². The highest BCUT2D eigenvalue weighted by Crippen LogP contribution is 2.31. The van der Waals surface area contributed by atoms with Gasteiger partial charge in [0.25, 0.3) is 0 Å². The van der Waals surface area contributed by atoms with E-state index < -0.39 is 6.10 Å². The Labute approximate surface area is 105 Å². The third-order valence-electron chi connectivity index (χ3n) is 4.60. The number of aliphatic hydroxyl groups excluding tert-OH is 1. The maximum atomic E-state index is 10.2. The van der Waals surface area contributed by atoms with E-state index >= 15 is 0 Å². The third kappa shape index (κ3) is 3.21. The van der Waals surface area contributed by atoms with Crippen LogP contribution in [0.2, 0.25) is 0 Å². The molecule has 17 heavy (non-hydrogen) atoms. The number of hydrogen-bond donors (Lipinski definition) is 2. The molecule has 0 spiro atoms. The largest absolute Gasteiger partial charge is 0.389 e. The molecule has 1 saturated carbocycles. The number of hydrogen-bond acceptors (Lipinski definition) is 3. The zero-order valence-electron chi connectivity index (χ0n) is 11.0. The Hall–Kier alpha value is -0.120. The lowest BCUT2D eigenvalue weighted by Gasteiger charge is -2.42. The van der Waals surface area contributed by atoms with Crippen molar-refractivity contribution >= 4 is 0 Å². The first kappa shape index (κ1) is 13.3. The predicted octanol–water partition coefficient (Wildman–Crippen LogP) is 2.07. The van der Waals surface area contributed by atoms with E-state index in [0.29, 0.717) is 5.92 Å². The molecule has 0 unspecified atom stereocenters. The smallest absolute Gasteiger partial charge is 0.0955 e. The van der Waals surface area contributed by atoms with E-state index in [2.05, 4.69) is 6.92 Å². The van der Waals surface area contributed by atoms with Gasteiger partial charge in [0.2, 0.25) is 0 Å². The molecule has 0 aromatic heterocycles. The highest BCUT2D eigenvalue weighted by molar-refractivity contribution is 4.90. The fourth-order valence-electron chi connectivity index (χ4n) is 3.26. The predicted molar refractivity (Wildman–Crippen MR) is 68.7 cm³/mol. The van der Waals surface area contributed by atoms with Gasteiger partial charge in [0.1, 0.15) is 0 Å². The van der Waals surface area contributed by atoms with Crippen molar-refractivity contribution in [2.45, 2.75) is 70.1 Å². The normalized spacial score (nSPS) is 34.1. The molecule has 0 amide bonds. The minimum absolute atomic E-state index is 0.00131. The molecule has 3 nitrogen and oxygen atoms in total. The van der Waals surface area contributed by atoms with Crippen LogP contribution in [0.25, 0.3) is 0 Å². The molecule has 0 bridgehead atoms. The molecule has 1 aliphatic carbocycles. The van der Waals surface area contributed by atoms with Crippen molar-refractivity contribution in [2.24, 2.45) is 17.6 Å². The van der Waals surface area contributed by atoms with Gasteiger partial charge in [-0.05, 0) is 18.8 Å². The van der Waals surface area contributed by atoms with Crippen molar-refractivity contribution < 1.29 is 9.84 Å². The van der Waals surface area contributed by atoms with E-state index in [1.807, 2.05) is 0 Å². The Morgan fingerprint density at radius 3 is 2.53 bits per heavy atom. The third-order valence-corrected chi connectivity index (χ3v) is 4.60. The Morgan fingerprint density at radius 2 is 2.00 bits per heavy atom.